The summed E-state index contributed by atoms with van der Waals surface area (Å²) in [6.07, 6.45) is 5.24. The van der Waals surface area contributed by atoms with Crippen LogP contribution in [0.4, 0.5) is 5.69 Å². The molecule has 0 unspecified atom stereocenters. The van der Waals surface area contributed by atoms with Crippen LogP contribution in [0.5, 0.6) is 5.75 Å². The number of aliphatic hydroxyl groups is 1. The minimum atomic E-state index is 0.280. The molecule has 1 heterocycles. The third kappa shape index (κ3) is 3.37. The fourth-order valence-corrected chi connectivity index (χ4v) is 2.17. The van der Waals surface area contributed by atoms with Gasteiger partial charge in [-0.05, 0) is 43.7 Å². The SMILES string of the molecule is OCCCCCOc1cccc2c1NCCC2. The molecular formula is C14H21NO2. The summed E-state index contributed by atoms with van der Waals surface area (Å²) in [5, 5.41) is 12.1. The average Bonchev–Trinajstić information content (AvgIpc) is 2.39. The molecule has 1 aliphatic heterocycles. The first-order valence-corrected chi connectivity index (χ1v) is 6.51. The van der Waals surface area contributed by atoms with E-state index in [0.29, 0.717) is 0 Å². The molecule has 17 heavy (non-hydrogen) atoms. The Morgan fingerprint density at radius 1 is 1.24 bits per heavy atom. The molecule has 0 aliphatic carbocycles. The predicted octanol–water partition coefficient (Wildman–Crippen LogP) is 2.59. The molecule has 0 saturated carbocycles. The van der Waals surface area contributed by atoms with Crippen LogP contribution in [0, 0.1) is 0 Å². The van der Waals surface area contributed by atoms with Crippen molar-refractivity contribution in [3.05, 3.63) is 23.8 Å². The van der Waals surface area contributed by atoms with Crippen molar-refractivity contribution >= 4 is 5.69 Å². The van der Waals surface area contributed by atoms with Crippen LogP contribution in [0.25, 0.3) is 0 Å². The van der Waals surface area contributed by atoms with Crippen molar-refractivity contribution in [1.29, 1.82) is 0 Å². The molecule has 1 aliphatic rings. The normalized spacial score (nSPS) is 13.9. The number of para-hydroxylation sites is 1. The Hall–Kier alpha value is -1.22. The summed E-state index contributed by atoms with van der Waals surface area (Å²) in [6, 6.07) is 6.26. The second-order valence-electron chi connectivity index (χ2n) is 4.45. The molecule has 0 aromatic heterocycles. The van der Waals surface area contributed by atoms with Gasteiger partial charge in [0.1, 0.15) is 5.75 Å². The zero-order valence-corrected chi connectivity index (χ0v) is 10.2. The number of anilines is 1. The summed E-state index contributed by atoms with van der Waals surface area (Å²) in [6.45, 7) is 2.05. The monoisotopic (exact) mass is 235 g/mol. The summed E-state index contributed by atoms with van der Waals surface area (Å²) >= 11 is 0. The van der Waals surface area contributed by atoms with Crippen LogP contribution in [-0.4, -0.2) is 24.9 Å². The maximum absolute atomic E-state index is 8.69. The minimum absolute atomic E-state index is 0.280. The van der Waals surface area contributed by atoms with E-state index in [1.165, 1.54) is 17.7 Å². The molecule has 0 spiro atoms. The first kappa shape index (κ1) is 12.2. The Morgan fingerprint density at radius 2 is 2.18 bits per heavy atom. The summed E-state index contributed by atoms with van der Waals surface area (Å²) in [7, 11) is 0. The van der Waals surface area contributed by atoms with E-state index in [-0.39, 0.29) is 6.61 Å². The van der Waals surface area contributed by atoms with Gasteiger partial charge in [-0.2, -0.15) is 0 Å². The number of hydrogen-bond acceptors (Lipinski definition) is 3. The second kappa shape index (κ2) is 6.50. The number of aliphatic hydroxyl groups excluding tert-OH is 1. The third-order valence-electron chi connectivity index (χ3n) is 3.10. The van der Waals surface area contributed by atoms with Crippen molar-refractivity contribution in [2.75, 3.05) is 25.1 Å². The van der Waals surface area contributed by atoms with Gasteiger partial charge in [0.2, 0.25) is 0 Å². The van der Waals surface area contributed by atoms with Crippen LogP contribution in [-0.2, 0) is 6.42 Å². The molecule has 1 aromatic carbocycles. The number of ether oxygens (including phenoxy) is 1. The van der Waals surface area contributed by atoms with Gasteiger partial charge < -0.3 is 15.2 Å². The number of hydrogen-bond donors (Lipinski definition) is 2. The maximum atomic E-state index is 8.69. The van der Waals surface area contributed by atoms with E-state index in [1.54, 1.807) is 0 Å². The van der Waals surface area contributed by atoms with Crippen LogP contribution in [0.3, 0.4) is 0 Å². The number of benzene rings is 1. The van der Waals surface area contributed by atoms with E-state index in [0.717, 1.165) is 44.6 Å². The van der Waals surface area contributed by atoms with E-state index in [1.807, 2.05) is 6.07 Å². The Balaban J connectivity index is 1.87. The molecule has 0 bridgehead atoms. The van der Waals surface area contributed by atoms with Crippen LogP contribution in [0.15, 0.2) is 18.2 Å². The van der Waals surface area contributed by atoms with Crippen LogP contribution >= 0.6 is 0 Å². The smallest absolute Gasteiger partial charge is 0.142 e. The number of nitrogens with one attached hydrogen (secondary N) is 1. The molecular weight excluding hydrogens is 214 g/mol. The van der Waals surface area contributed by atoms with Crippen molar-refractivity contribution < 1.29 is 9.84 Å². The van der Waals surface area contributed by atoms with Crippen molar-refractivity contribution in [3.8, 4) is 5.75 Å². The largest absolute Gasteiger partial charge is 0.491 e. The van der Waals surface area contributed by atoms with Gasteiger partial charge in [-0.15, -0.1) is 0 Å². The molecule has 0 amide bonds. The molecule has 3 nitrogen and oxygen atoms in total. The summed E-state index contributed by atoms with van der Waals surface area (Å²) in [5.41, 5.74) is 2.55. The fraction of sp³-hybridized carbons (Fsp3) is 0.571. The number of unbranched alkanes of at least 4 members (excludes halogenated alkanes) is 2. The van der Waals surface area contributed by atoms with E-state index in [9.17, 15) is 0 Å². The van der Waals surface area contributed by atoms with Crippen molar-refractivity contribution in [3.63, 3.8) is 0 Å². The number of fused-ring (bicyclic) bond motifs is 1. The Bertz CT molecular complexity index is 352. The van der Waals surface area contributed by atoms with Crippen LogP contribution in [0.1, 0.15) is 31.2 Å². The zero-order valence-electron chi connectivity index (χ0n) is 10.2. The first-order valence-electron chi connectivity index (χ1n) is 6.51. The van der Waals surface area contributed by atoms with E-state index in [4.69, 9.17) is 9.84 Å². The fourth-order valence-electron chi connectivity index (χ4n) is 2.17. The number of rotatable bonds is 6. The van der Waals surface area contributed by atoms with E-state index >= 15 is 0 Å². The number of aryl methyl sites for hydroxylation is 1. The Morgan fingerprint density at radius 3 is 3.06 bits per heavy atom. The summed E-state index contributed by atoms with van der Waals surface area (Å²) in [4.78, 5) is 0. The maximum Gasteiger partial charge on any atom is 0.142 e. The zero-order chi connectivity index (χ0) is 11.9. The topological polar surface area (TPSA) is 41.5 Å². The standard InChI is InChI=1S/C14H21NO2/c16-10-2-1-3-11-17-13-8-4-6-12-7-5-9-15-14(12)13/h4,6,8,15-16H,1-3,5,7,9-11H2. The Labute approximate surface area is 103 Å². The summed E-state index contributed by atoms with van der Waals surface area (Å²) < 4.78 is 5.81. The average molecular weight is 235 g/mol. The molecule has 0 fully saturated rings. The van der Waals surface area contributed by atoms with Crippen molar-refractivity contribution in [2.24, 2.45) is 0 Å². The molecule has 0 saturated heterocycles. The molecule has 2 rings (SSSR count). The highest BCUT2D eigenvalue weighted by molar-refractivity contribution is 5.63. The van der Waals surface area contributed by atoms with Crippen LogP contribution < -0.4 is 10.1 Å². The highest BCUT2D eigenvalue weighted by Gasteiger charge is 2.12. The molecule has 0 radical (unpaired) electrons. The Kier molecular flexibility index (Phi) is 4.68. The highest BCUT2D eigenvalue weighted by Crippen LogP contribution is 2.31. The lowest BCUT2D eigenvalue weighted by atomic mass is 10.0. The van der Waals surface area contributed by atoms with Gasteiger partial charge in [0.25, 0.3) is 0 Å². The first-order chi connectivity index (χ1) is 8.42. The molecule has 2 N–H and O–H groups in total. The summed E-state index contributed by atoms with van der Waals surface area (Å²) in [5.74, 6) is 0.978. The second-order valence-corrected chi connectivity index (χ2v) is 4.45. The van der Waals surface area contributed by atoms with Crippen LogP contribution in [0.2, 0.25) is 0 Å². The molecule has 0 atom stereocenters. The third-order valence-corrected chi connectivity index (χ3v) is 3.10. The van der Waals surface area contributed by atoms with Gasteiger partial charge in [-0.25, -0.2) is 0 Å². The lowest BCUT2D eigenvalue weighted by molar-refractivity contribution is 0.266. The lowest BCUT2D eigenvalue weighted by Gasteiger charge is -2.21. The highest BCUT2D eigenvalue weighted by atomic mass is 16.5. The van der Waals surface area contributed by atoms with Gasteiger partial charge in [0.15, 0.2) is 0 Å². The van der Waals surface area contributed by atoms with E-state index in [2.05, 4.69) is 17.4 Å². The van der Waals surface area contributed by atoms with Crippen molar-refractivity contribution in [2.45, 2.75) is 32.1 Å². The van der Waals surface area contributed by atoms with E-state index < -0.39 is 0 Å². The van der Waals surface area contributed by atoms with Crippen molar-refractivity contribution in [1.82, 2.24) is 0 Å². The minimum Gasteiger partial charge on any atom is -0.491 e. The van der Waals surface area contributed by atoms with Gasteiger partial charge in [0.05, 0.1) is 12.3 Å². The van der Waals surface area contributed by atoms with Gasteiger partial charge >= 0.3 is 0 Å². The lowest BCUT2D eigenvalue weighted by Crippen LogP contribution is -2.13. The predicted molar refractivity (Wildman–Crippen MR) is 69.7 cm³/mol. The molecule has 3 heteroatoms. The van der Waals surface area contributed by atoms with Gasteiger partial charge in [0, 0.05) is 13.2 Å². The molecule has 1 aromatic rings. The van der Waals surface area contributed by atoms with Gasteiger partial charge in [-0.1, -0.05) is 12.1 Å². The molecule has 94 valence electrons. The quantitative estimate of drug-likeness (QED) is 0.745. The van der Waals surface area contributed by atoms with Gasteiger partial charge in [-0.3, -0.25) is 0 Å².